The summed E-state index contributed by atoms with van der Waals surface area (Å²) in [4.78, 5) is 7.88. The summed E-state index contributed by atoms with van der Waals surface area (Å²) >= 11 is 1.72. The molecule has 0 aliphatic rings. The van der Waals surface area contributed by atoms with E-state index in [1.807, 2.05) is 5.51 Å². The smallest absolute Gasteiger partial charge is 0.122 e. The van der Waals surface area contributed by atoms with Crippen molar-refractivity contribution in [2.45, 2.75) is 39.9 Å². The first kappa shape index (κ1) is 15.2. The molecule has 2 heterocycles. The number of furan rings is 1. The quantitative estimate of drug-likeness (QED) is 0.759. The maximum absolute atomic E-state index is 5.62. The van der Waals surface area contributed by atoms with E-state index in [1.165, 1.54) is 10.4 Å². The first-order valence-corrected chi connectivity index (χ1v) is 7.92. The molecule has 0 aliphatic heterocycles. The lowest BCUT2D eigenvalue weighted by Crippen LogP contribution is -2.19. The Hall–Kier alpha value is -1.17. The molecular weight excluding hydrogens is 270 g/mol. The van der Waals surface area contributed by atoms with Crippen molar-refractivity contribution in [3.05, 3.63) is 39.7 Å². The van der Waals surface area contributed by atoms with Gasteiger partial charge in [0.25, 0.3) is 0 Å². The maximum atomic E-state index is 5.62. The minimum absolute atomic E-state index is 0.827. The maximum Gasteiger partial charge on any atom is 0.122 e. The molecule has 0 aromatic carbocycles. The van der Waals surface area contributed by atoms with Crippen molar-refractivity contribution >= 4 is 11.3 Å². The SMILES string of the molecule is CCCNCc1ccoc1CN(C)Cc1scnc1C. The summed E-state index contributed by atoms with van der Waals surface area (Å²) in [6.45, 7) is 7.90. The summed E-state index contributed by atoms with van der Waals surface area (Å²) < 4.78 is 5.62. The first-order chi connectivity index (χ1) is 9.70. The first-order valence-electron chi connectivity index (χ1n) is 7.04. The summed E-state index contributed by atoms with van der Waals surface area (Å²) in [6.07, 6.45) is 2.93. The van der Waals surface area contributed by atoms with Crippen LogP contribution >= 0.6 is 11.3 Å². The van der Waals surface area contributed by atoms with Crippen LogP contribution in [0, 0.1) is 6.92 Å². The fourth-order valence-corrected chi connectivity index (χ4v) is 2.94. The van der Waals surface area contributed by atoms with Crippen LogP contribution in [0.15, 0.2) is 22.3 Å². The monoisotopic (exact) mass is 293 g/mol. The average Bonchev–Trinajstić information content (AvgIpc) is 3.01. The molecule has 0 amide bonds. The van der Waals surface area contributed by atoms with Gasteiger partial charge in [-0.3, -0.25) is 4.90 Å². The van der Waals surface area contributed by atoms with Crippen LogP contribution < -0.4 is 5.32 Å². The van der Waals surface area contributed by atoms with E-state index >= 15 is 0 Å². The van der Waals surface area contributed by atoms with Gasteiger partial charge >= 0.3 is 0 Å². The molecule has 0 atom stereocenters. The van der Waals surface area contributed by atoms with Crippen LogP contribution in [0.4, 0.5) is 0 Å². The fourth-order valence-electron chi connectivity index (χ4n) is 2.09. The second-order valence-electron chi connectivity index (χ2n) is 5.08. The van der Waals surface area contributed by atoms with Gasteiger partial charge in [-0.2, -0.15) is 0 Å². The van der Waals surface area contributed by atoms with Gasteiger partial charge in [0, 0.05) is 23.5 Å². The number of aryl methyl sites for hydroxylation is 1. The highest BCUT2D eigenvalue weighted by Crippen LogP contribution is 2.17. The summed E-state index contributed by atoms with van der Waals surface area (Å²) in [5.41, 5.74) is 4.29. The zero-order valence-corrected chi connectivity index (χ0v) is 13.3. The highest BCUT2D eigenvalue weighted by atomic mass is 32.1. The lowest BCUT2D eigenvalue weighted by molar-refractivity contribution is 0.287. The Morgan fingerprint density at radius 1 is 1.40 bits per heavy atom. The molecule has 0 aliphatic carbocycles. The number of hydrogen-bond acceptors (Lipinski definition) is 5. The summed E-state index contributed by atoms with van der Waals surface area (Å²) in [5, 5.41) is 3.42. The van der Waals surface area contributed by atoms with Crippen LogP contribution in [0.25, 0.3) is 0 Å². The highest BCUT2D eigenvalue weighted by Gasteiger charge is 2.11. The predicted molar refractivity (Wildman–Crippen MR) is 82.7 cm³/mol. The second-order valence-corrected chi connectivity index (χ2v) is 6.02. The van der Waals surface area contributed by atoms with Gasteiger partial charge in [-0.25, -0.2) is 4.98 Å². The van der Waals surface area contributed by atoms with Gasteiger partial charge in [0.05, 0.1) is 24.0 Å². The molecule has 0 spiro atoms. The van der Waals surface area contributed by atoms with Crippen LogP contribution in [0.3, 0.4) is 0 Å². The largest absolute Gasteiger partial charge is 0.468 e. The zero-order valence-electron chi connectivity index (χ0n) is 12.5. The van der Waals surface area contributed by atoms with E-state index < -0.39 is 0 Å². The summed E-state index contributed by atoms with van der Waals surface area (Å²) in [5.74, 6) is 1.05. The molecule has 110 valence electrons. The van der Waals surface area contributed by atoms with E-state index in [0.717, 1.165) is 44.1 Å². The van der Waals surface area contributed by atoms with E-state index in [1.54, 1.807) is 17.6 Å². The van der Waals surface area contributed by atoms with E-state index in [0.29, 0.717) is 0 Å². The number of thiazole rings is 1. The van der Waals surface area contributed by atoms with E-state index in [9.17, 15) is 0 Å². The van der Waals surface area contributed by atoms with Crippen molar-refractivity contribution in [1.29, 1.82) is 0 Å². The van der Waals surface area contributed by atoms with Crippen LogP contribution in [0.1, 0.15) is 35.2 Å². The van der Waals surface area contributed by atoms with Crippen molar-refractivity contribution in [2.24, 2.45) is 0 Å². The molecule has 0 bridgehead atoms. The number of aromatic nitrogens is 1. The molecule has 4 nitrogen and oxygen atoms in total. The predicted octanol–water partition coefficient (Wildman–Crippen LogP) is 3.18. The molecule has 2 aromatic heterocycles. The zero-order chi connectivity index (χ0) is 14.4. The summed E-state index contributed by atoms with van der Waals surface area (Å²) in [7, 11) is 2.12. The molecule has 0 radical (unpaired) electrons. The number of rotatable bonds is 8. The van der Waals surface area contributed by atoms with Gasteiger partial charge in [-0.15, -0.1) is 11.3 Å². The minimum atomic E-state index is 0.827. The van der Waals surface area contributed by atoms with Gasteiger partial charge in [0.1, 0.15) is 5.76 Å². The van der Waals surface area contributed by atoms with E-state index in [-0.39, 0.29) is 0 Å². The molecule has 1 N–H and O–H groups in total. The third-order valence-electron chi connectivity index (χ3n) is 3.25. The van der Waals surface area contributed by atoms with Crippen LogP contribution in [-0.2, 0) is 19.6 Å². The molecule has 5 heteroatoms. The molecular formula is C15H23N3OS. The van der Waals surface area contributed by atoms with Gasteiger partial charge in [0.15, 0.2) is 0 Å². The lowest BCUT2D eigenvalue weighted by Gasteiger charge is -2.15. The van der Waals surface area contributed by atoms with Gasteiger partial charge in [-0.05, 0) is 33.0 Å². The Balaban J connectivity index is 1.89. The Morgan fingerprint density at radius 3 is 2.95 bits per heavy atom. The normalized spacial score (nSPS) is 11.4. The Labute approximate surface area is 124 Å². The Bertz CT molecular complexity index is 521. The third kappa shape index (κ3) is 4.16. The molecule has 0 saturated heterocycles. The molecule has 20 heavy (non-hydrogen) atoms. The van der Waals surface area contributed by atoms with Gasteiger partial charge in [0.2, 0.25) is 0 Å². The highest BCUT2D eigenvalue weighted by molar-refractivity contribution is 7.09. The second kappa shape index (κ2) is 7.57. The van der Waals surface area contributed by atoms with Crippen LogP contribution in [0.5, 0.6) is 0 Å². The van der Waals surface area contributed by atoms with Gasteiger partial charge < -0.3 is 9.73 Å². The number of nitrogens with one attached hydrogen (secondary N) is 1. The number of nitrogens with zero attached hydrogens (tertiary/aromatic N) is 2. The van der Waals surface area contributed by atoms with Crippen LogP contribution in [-0.4, -0.2) is 23.5 Å². The lowest BCUT2D eigenvalue weighted by atomic mass is 10.2. The fraction of sp³-hybridized carbons (Fsp3) is 0.533. The van der Waals surface area contributed by atoms with Crippen LogP contribution in [0.2, 0.25) is 0 Å². The third-order valence-corrected chi connectivity index (χ3v) is 4.17. The summed E-state index contributed by atoms with van der Waals surface area (Å²) in [6, 6.07) is 2.06. The van der Waals surface area contributed by atoms with Crippen molar-refractivity contribution < 1.29 is 4.42 Å². The van der Waals surface area contributed by atoms with Crippen molar-refractivity contribution in [2.75, 3.05) is 13.6 Å². The topological polar surface area (TPSA) is 41.3 Å². The van der Waals surface area contributed by atoms with Crippen molar-refractivity contribution in [3.63, 3.8) is 0 Å². The Kier molecular flexibility index (Phi) is 5.76. The average molecular weight is 293 g/mol. The molecule has 2 aromatic rings. The van der Waals surface area contributed by atoms with Crippen molar-refractivity contribution in [3.8, 4) is 0 Å². The van der Waals surface area contributed by atoms with E-state index in [2.05, 4.69) is 42.2 Å². The molecule has 0 unspecified atom stereocenters. The molecule has 0 saturated carbocycles. The minimum Gasteiger partial charge on any atom is -0.468 e. The number of hydrogen-bond donors (Lipinski definition) is 1. The van der Waals surface area contributed by atoms with E-state index in [4.69, 9.17) is 4.42 Å². The molecule has 2 rings (SSSR count). The molecule has 0 fully saturated rings. The van der Waals surface area contributed by atoms with Crippen molar-refractivity contribution in [1.82, 2.24) is 15.2 Å². The standard InChI is InChI=1S/C15H23N3OS/c1-4-6-16-8-13-5-7-19-14(13)9-18(3)10-15-12(2)17-11-20-15/h5,7,11,16H,4,6,8-10H2,1-3H3. The Morgan fingerprint density at radius 2 is 2.25 bits per heavy atom. The van der Waals surface area contributed by atoms with Gasteiger partial charge in [-0.1, -0.05) is 6.92 Å².